The zero-order chi connectivity index (χ0) is 49.6. The summed E-state index contributed by atoms with van der Waals surface area (Å²) in [7, 11) is 0. The summed E-state index contributed by atoms with van der Waals surface area (Å²) in [5.41, 5.74) is -3.75. The molecule has 7 aliphatic rings. The maximum Gasteiger partial charge on any atom is 0.187 e. The van der Waals surface area contributed by atoms with Gasteiger partial charge in [-0.3, -0.25) is 0 Å². The average Bonchev–Trinajstić information content (AvgIpc) is 3.65. The maximum absolute atomic E-state index is 12.7. The Bertz CT molecular complexity index is 1710. The van der Waals surface area contributed by atoms with Crippen molar-refractivity contribution in [2.45, 2.75) is 222 Å². The molecule has 7 rings (SSSR count). The molecule has 13 N–H and O–H groups in total. The van der Waals surface area contributed by atoms with Crippen molar-refractivity contribution in [2.75, 3.05) is 19.8 Å². The van der Waals surface area contributed by atoms with Gasteiger partial charge in [-0.05, 0) is 117 Å². The number of fused-ring (bicyclic) bond motifs is 5. The zero-order valence-corrected chi connectivity index (χ0v) is 40.3. The molecular formula is C48H82O19. The van der Waals surface area contributed by atoms with Crippen LogP contribution < -0.4 is 0 Å². The van der Waals surface area contributed by atoms with Gasteiger partial charge < -0.3 is 94.8 Å². The summed E-state index contributed by atoms with van der Waals surface area (Å²) < 4.78 is 37.1. The van der Waals surface area contributed by atoms with E-state index < -0.39 is 146 Å². The van der Waals surface area contributed by atoms with Gasteiger partial charge in [0.05, 0.1) is 43.2 Å². The van der Waals surface area contributed by atoms with Crippen molar-refractivity contribution < 1.29 is 94.8 Å². The Labute approximate surface area is 393 Å². The van der Waals surface area contributed by atoms with Crippen molar-refractivity contribution in [1.29, 1.82) is 0 Å². The van der Waals surface area contributed by atoms with Gasteiger partial charge in [-0.1, -0.05) is 46.8 Å². The quantitative estimate of drug-likeness (QED) is 0.0773. The second-order valence-corrected chi connectivity index (χ2v) is 23.3. The van der Waals surface area contributed by atoms with Crippen LogP contribution in [0.1, 0.15) is 107 Å². The highest BCUT2D eigenvalue weighted by molar-refractivity contribution is 5.21. The van der Waals surface area contributed by atoms with Gasteiger partial charge in [0.2, 0.25) is 0 Å². The molecule has 0 spiro atoms. The number of aliphatic hydroxyl groups excluding tert-OH is 12. The molecule has 0 aromatic carbocycles. The molecule has 25 atom stereocenters. The van der Waals surface area contributed by atoms with Gasteiger partial charge >= 0.3 is 0 Å². The summed E-state index contributed by atoms with van der Waals surface area (Å²) >= 11 is 0. The number of hydrogen-bond donors (Lipinski definition) is 13. The first kappa shape index (κ1) is 53.8. The predicted molar refractivity (Wildman–Crippen MR) is 235 cm³/mol. The van der Waals surface area contributed by atoms with Crippen LogP contribution >= 0.6 is 0 Å². The first-order valence-corrected chi connectivity index (χ1v) is 24.4. The molecule has 4 aliphatic carbocycles. The summed E-state index contributed by atoms with van der Waals surface area (Å²) in [4.78, 5) is 0. The molecule has 7 fully saturated rings. The van der Waals surface area contributed by atoms with Gasteiger partial charge in [-0.25, -0.2) is 0 Å². The smallest absolute Gasteiger partial charge is 0.187 e. The van der Waals surface area contributed by atoms with Crippen molar-refractivity contribution >= 4 is 0 Å². The zero-order valence-electron chi connectivity index (χ0n) is 40.3. The largest absolute Gasteiger partial charge is 0.394 e. The highest BCUT2D eigenvalue weighted by atomic mass is 16.8. The number of aliphatic hydroxyl groups is 13. The summed E-state index contributed by atoms with van der Waals surface area (Å²) in [5.74, 6) is -0.422. The Kier molecular flexibility index (Phi) is 15.6. The van der Waals surface area contributed by atoms with Gasteiger partial charge in [-0.2, -0.15) is 0 Å². The molecule has 0 amide bonds. The minimum atomic E-state index is -1.80. The van der Waals surface area contributed by atoms with Crippen molar-refractivity contribution in [3.63, 3.8) is 0 Å². The average molecular weight is 963 g/mol. The Balaban J connectivity index is 1.14. The molecule has 19 heteroatoms. The van der Waals surface area contributed by atoms with Crippen LogP contribution in [0.5, 0.6) is 0 Å². The van der Waals surface area contributed by atoms with Crippen molar-refractivity contribution in [2.24, 2.45) is 45.3 Å². The third-order valence-electron chi connectivity index (χ3n) is 18.7. The summed E-state index contributed by atoms with van der Waals surface area (Å²) in [6.07, 6.45) is -15.8. The Morgan fingerprint density at radius 3 is 1.67 bits per heavy atom. The lowest BCUT2D eigenvalue weighted by Crippen LogP contribution is -2.68. The van der Waals surface area contributed by atoms with Gasteiger partial charge in [0, 0.05) is 0 Å². The second kappa shape index (κ2) is 19.4. The Morgan fingerprint density at radius 2 is 1.10 bits per heavy atom. The molecule has 0 bridgehead atoms. The molecule has 3 aliphatic heterocycles. The van der Waals surface area contributed by atoms with Crippen LogP contribution in [0.4, 0.5) is 0 Å². The molecule has 67 heavy (non-hydrogen) atoms. The summed E-state index contributed by atoms with van der Waals surface area (Å²) in [5, 5.41) is 139. The number of ether oxygens (including phenoxy) is 6. The van der Waals surface area contributed by atoms with Crippen LogP contribution in [0.2, 0.25) is 0 Å². The van der Waals surface area contributed by atoms with Gasteiger partial charge in [0.15, 0.2) is 18.9 Å². The van der Waals surface area contributed by atoms with E-state index >= 15 is 0 Å². The van der Waals surface area contributed by atoms with Crippen LogP contribution in [0, 0.1) is 45.3 Å². The molecule has 19 nitrogen and oxygen atoms in total. The topological polar surface area (TPSA) is 318 Å². The molecule has 3 heterocycles. The standard InChI is InChI=1S/C48H82O19/c1-43(2,61)13-9-14-48(8,67-41-38(60)35(57)32(54)25(20-50)63-41)22-10-16-47(7)30(22)23(52)18-28-45(5)15-12-29(44(3,4)27(45)11-17-46(28,47)6)65-42-39(36(58)33(55)26(21-51)64-42)66-40-37(59)34(56)31(53)24(19-49)62-40/h9,13,22-42,49-61H,10-12,14-21H2,1-8H3/b13-9+/t22-,23+,24+,25+,26+,27?,28+,29-,30?,31+,32+,33+,34-,35-,36-,37+,38+,39+,40-,41-,42-,45-,46+,47+,48-/m0/s1. The van der Waals surface area contributed by atoms with E-state index in [0.717, 1.165) is 19.3 Å². The van der Waals surface area contributed by atoms with Gasteiger partial charge in [-0.15, -0.1) is 0 Å². The fourth-order valence-electron chi connectivity index (χ4n) is 14.8. The highest BCUT2D eigenvalue weighted by Gasteiger charge is 2.72. The maximum atomic E-state index is 12.7. The lowest BCUT2D eigenvalue weighted by molar-refractivity contribution is -0.378. The lowest BCUT2D eigenvalue weighted by Gasteiger charge is -2.71. The minimum absolute atomic E-state index is 0.0608. The number of hydrogen-bond acceptors (Lipinski definition) is 19. The summed E-state index contributed by atoms with van der Waals surface area (Å²) in [6.45, 7) is 14.5. The fourth-order valence-corrected chi connectivity index (χ4v) is 14.8. The third kappa shape index (κ3) is 9.24. The van der Waals surface area contributed by atoms with E-state index in [2.05, 4.69) is 34.6 Å². The molecular weight excluding hydrogens is 881 g/mol. The van der Waals surface area contributed by atoms with E-state index in [4.69, 9.17) is 28.4 Å². The number of rotatable bonds is 13. The van der Waals surface area contributed by atoms with Crippen molar-refractivity contribution in [3.8, 4) is 0 Å². The van der Waals surface area contributed by atoms with Gasteiger partial charge in [0.25, 0.3) is 0 Å². The van der Waals surface area contributed by atoms with Crippen LogP contribution in [0.3, 0.4) is 0 Å². The highest BCUT2D eigenvalue weighted by Crippen LogP contribution is 2.76. The molecule has 0 aromatic rings. The van der Waals surface area contributed by atoms with Crippen LogP contribution in [-0.4, -0.2) is 202 Å². The normalized spacial score (nSPS) is 52.3. The molecule has 2 unspecified atom stereocenters. The molecule has 0 radical (unpaired) electrons. The molecule has 4 saturated carbocycles. The van der Waals surface area contributed by atoms with E-state index in [9.17, 15) is 66.4 Å². The van der Waals surface area contributed by atoms with Crippen LogP contribution in [0.25, 0.3) is 0 Å². The van der Waals surface area contributed by atoms with E-state index in [1.54, 1.807) is 19.9 Å². The van der Waals surface area contributed by atoms with Crippen LogP contribution in [-0.2, 0) is 28.4 Å². The van der Waals surface area contributed by atoms with Crippen molar-refractivity contribution in [1.82, 2.24) is 0 Å². The lowest BCUT2D eigenvalue weighted by atomic mass is 9.35. The molecule has 0 aromatic heterocycles. The van der Waals surface area contributed by atoms with Crippen LogP contribution in [0.15, 0.2) is 12.2 Å². The minimum Gasteiger partial charge on any atom is -0.394 e. The molecule has 388 valence electrons. The summed E-state index contributed by atoms with van der Waals surface area (Å²) in [6, 6.07) is 0. The predicted octanol–water partition coefficient (Wildman–Crippen LogP) is -1.06. The first-order valence-electron chi connectivity index (χ1n) is 24.4. The Morgan fingerprint density at radius 1 is 0.582 bits per heavy atom. The van der Waals surface area contributed by atoms with E-state index in [1.165, 1.54) is 0 Å². The van der Waals surface area contributed by atoms with Gasteiger partial charge in [0.1, 0.15) is 73.2 Å². The monoisotopic (exact) mass is 963 g/mol. The Hall–Kier alpha value is -1.02. The molecule has 3 saturated heterocycles. The SMILES string of the molecule is CC(C)(O)/C=C/C[C@](C)(O[C@@H]1O[C@H](CO)[C@@H](O)[C@H](O)[C@H]1O)[C@H]1CC[C@]2(C)C1[C@H](O)C[C@@H]1[C@@]3(C)CC[C@H](O[C@@H]4O[C@H](CO)[C@@H](O)[C@H](O)[C@H]4O[C@@H]4O[C@H](CO)[C@@H](O)[C@H](O)[C@H]4O)C(C)(C)C3CC[C@]12C. The van der Waals surface area contributed by atoms with E-state index in [1.807, 2.05) is 13.0 Å². The third-order valence-corrected chi connectivity index (χ3v) is 18.7. The fraction of sp³-hybridized carbons (Fsp3) is 0.958. The van der Waals surface area contributed by atoms with E-state index in [0.29, 0.717) is 25.7 Å². The second-order valence-electron chi connectivity index (χ2n) is 23.3. The van der Waals surface area contributed by atoms with E-state index in [-0.39, 0.29) is 40.9 Å². The van der Waals surface area contributed by atoms with Crippen molar-refractivity contribution in [3.05, 3.63) is 12.2 Å². The first-order chi connectivity index (χ1) is 31.1.